The van der Waals surface area contributed by atoms with E-state index in [0.717, 1.165) is 19.5 Å². The van der Waals surface area contributed by atoms with Gasteiger partial charge in [0.2, 0.25) is 0 Å². The zero-order chi connectivity index (χ0) is 17.4. The minimum absolute atomic E-state index is 0.227. The van der Waals surface area contributed by atoms with Crippen molar-refractivity contribution in [3.05, 3.63) is 59.2 Å². The van der Waals surface area contributed by atoms with E-state index < -0.39 is 5.97 Å². The summed E-state index contributed by atoms with van der Waals surface area (Å²) in [6.07, 6.45) is 0.791. The van der Waals surface area contributed by atoms with Gasteiger partial charge in [-0.05, 0) is 49.1 Å². The van der Waals surface area contributed by atoms with Gasteiger partial charge in [-0.1, -0.05) is 48.0 Å². The van der Waals surface area contributed by atoms with Crippen molar-refractivity contribution in [2.75, 3.05) is 19.8 Å². The van der Waals surface area contributed by atoms with Crippen molar-refractivity contribution < 1.29 is 14.6 Å². The van der Waals surface area contributed by atoms with Crippen LogP contribution in [0.5, 0.6) is 0 Å². The van der Waals surface area contributed by atoms with Crippen molar-refractivity contribution in [2.45, 2.75) is 26.8 Å². The standard InChI is InChI=1S/C20H25NO3/c1-15-8-9-18(16(2)12-15)19-7-4-3-6-17(19)13-21-10-5-11-24-14-20(22)23/h3-4,6-9,12,21H,5,10-11,13-14H2,1-2H3,(H,22,23). The second kappa shape index (κ2) is 9.21. The van der Waals surface area contributed by atoms with Crippen molar-refractivity contribution in [1.29, 1.82) is 0 Å². The summed E-state index contributed by atoms with van der Waals surface area (Å²) in [4.78, 5) is 10.4. The normalized spacial score (nSPS) is 10.8. The Bertz CT molecular complexity index is 682. The minimum Gasteiger partial charge on any atom is -0.480 e. The fraction of sp³-hybridized carbons (Fsp3) is 0.350. The summed E-state index contributed by atoms with van der Waals surface area (Å²) < 4.78 is 5.03. The average molecular weight is 327 g/mol. The molecule has 0 aliphatic rings. The van der Waals surface area contributed by atoms with E-state index in [-0.39, 0.29) is 6.61 Å². The summed E-state index contributed by atoms with van der Waals surface area (Å²) in [5.41, 5.74) is 6.33. The molecule has 0 saturated heterocycles. The van der Waals surface area contributed by atoms with Crippen molar-refractivity contribution in [3.63, 3.8) is 0 Å². The molecule has 0 aliphatic carbocycles. The van der Waals surface area contributed by atoms with Crippen LogP contribution in [0.1, 0.15) is 23.1 Å². The third-order valence-corrected chi connectivity index (χ3v) is 3.87. The van der Waals surface area contributed by atoms with Crippen LogP contribution in [-0.2, 0) is 16.1 Å². The van der Waals surface area contributed by atoms with Crippen molar-refractivity contribution in [1.82, 2.24) is 5.32 Å². The van der Waals surface area contributed by atoms with Crippen LogP contribution < -0.4 is 5.32 Å². The Morgan fingerprint density at radius 1 is 1.12 bits per heavy atom. The fourth-order valence-electron chi connectivity index (χ4n) is 2.73. The number of benzene rings is 2. The molecular formula is C20H25NO3. The molecule has 0 unspecified atom stereocenters. The highest BCUT2D eigenvalue weighted by molar-refractivity contribution is 5.71. The van der Waals surface area contributed by atoms with Gasteiger partial charge in [-0.15, -0.1) is 0 Å². The lowest BCUT2D eigenvalue weighted by Gasteiger charge is -2.13. The number of carboxylic acid groups (broad SMARTS) is 1. The first-order chi connectivity index (χ1) is 11.6. The van der Waals surface area contributed by atoms with Crippen LogP contribution in [0.4, 0.5) is 0 Å². The molecule has 2 rings (SSSR count). The molecule has 0 aliphatic heterocycles. The van der Waals surface area contributed by atoms with Crippen LogP contribution in [0.25, 0.3) is 11.1 Å². The van der Waals surface area contributed by atoms with Crippen LogP contribution in [-0.4, -0.2) is 30.8 Å². The Morgan fingerprint density at radius 3 is 2.67 bits per heavy atom. The van der Waals surface area contributed by atoms with E-state index in [1.165, 1.54) is 27.8 Å². The maximum atomic E-state index is 10.4. The van der Waals surface area contributed by atoms with Crippen molar-refractivity contribution in [3.8, 4) is 11.1 Å². The fourth-order valence-corrected chi connectivity index (χ4v) is 2.73. The van der Waals surface area contributed by atoms with E-state index in [9.17, 15) is 4.79 Å². The number of hydrogen-bond donors (Lipinski definition) is 2. The molecule has 0 amide bonds. The molecule has 2 N–H and O–H groups in total. The van der Waals surface area contributed by atoms with Crippen LogP contribution in [0.2, 0.25) is 0 Å². The molecule has 2 aromatic rings. The lowest BCUT2D eigenvalue weighted by Crippen LogP contribution is -2.18. The number of carbonyl (C=O) groups is 1. The third kappa shape index (κ3) is 5.48. The molecule has 0 radical (unpaired) electrons. The Labute approximate surface area is 143 Å². The molecule has 0 atom stereocenters. The summed E-state index contributed by atoms with van der Waals surface area (Å²) in [6.45, 7) is 6.06. The number of hydrogen-bond acceptors (Lipinski definition) is 3. The number of aliphatic carboxylic acids is 1. The number of aryl methyl sites for hydroxylation is 2. The average Bonchev–Trinajstić information content (AvgIpc) is 2.54. The monoisotopic (exact) mass is 327 g/mol. The smallest absolute Gasteiger partial charge is 0.329 e. The number of nitrogens with one attached hydrogen (secondary N) is 1. The quantitative estimate of drug-likeness (QED) is 0.692. The Morgan fingerprint density at radius 2 is 1.92 bits per heavy atom. The van der Waals surface area contributed by atoms with E-state index in [2.05, 4.69) is 61.6 Å². The van der Waals surface area contributed by atoms with Crippen LogP contribution in [0.3, 0.4) is 0 Å². The van der Waals surface area contributed by atoms with Crippen LogP contribution >= 0.6 is 0 Å². The van der Waals surface area contributed by atoms with Gasteiger partial charge in [-0.25, -0.2) is 4.79 Å². The van der Waals surface area contributed by atoms with Gasteiger partial charge in [0, 0.05) is 13.2 Å². The molecule has 0 spiro atoms. The van der Waals surface area contributed by atoms with Gasteiger partial charge < -0.3 is 15.2 Å². The van der Waals surface area contributed by atoms with E-state index >= 15 is 0 Å². The first kappa shape index (κ1) is 18.2. The number of ether oxygens (including phenoxy) is 1. The largest absolute Gasteiger partial charge is 0.480 e. The van der Waals surface area contributed by atoms with Gasteiger partial charge in [-0.2, -0.15) is 0 Å². The topological polar surface area (TPSA) is 58.6 Å². The highest BCUT2D eigenvalue weighted by atomic mass is 16.5. The Kier molecular flexibility index (Phi) is 6.97. The van der Waals surface area contributed by atoms with E-state index in [1.807, 2.05) is 0 Å². The lowest BCUT2D eigenvalue weighted by molar-refractivity contribution is -0.142. The molecule has 0 fully saturated rings. The summed E-state index contributed by atoms with van der Waals surface area (Å²) in [5, 5.41) is 11.9. The first-order valence-corrected chi connectivity index (χ1v) is 8.23. The van der Waals surface area contributed by atoms with Crippen molar-refractivity contribution >= 4 is 5.97 Å². The summed E-state index contributed by atoms with van der Waals surface area (Å²) in [5.74, 6) is -0.926. The van der Waals surface area contributed by atoms with Gasteiger partial charge in [-0.3, -0.25) is 0 Å². The summed E-state index contributed by atoms with van der Waals surface area (Å²) in [6, 6.07) is 15.0. The molecule has 0 saturated carbocycles. The third-order valence-electron chi connectivity index (χ3n) is 3.87. The van der Waals surface area contributed by atoms with Gasteiger partial charge in [0.05, 0.1) is 0 Å². The zero-order valence-corrected chi connectivity index (χ0v) is 14.3. The zero-order valence-electron chi connectivity index (χ0n) is 14.3. The van der Waals surface area contributed by atoms with Gasteiger partial charge >= 0.3 is 5.97 Å². The molecule has 2 aromatic carbocycles. The van der Waals surface area contributed by atoms with Gasteiger partial charge in [0.1, 0.15) is 6.61 Å². The Hall–Kier alpha value is -2.17. The van der Waals surface area contributed by atoms with Crippen LogP contribution in [0, 0.1) is 13.8 Å². The molecule has 0 bridgehead atoms. The Balaban J connectivity index is 1.91. The highest BCUT2D eigenvalue weighted by Gasteiger charge is 2.07. The first-order valence-electron chi connectivity index (χ1n) is 8.23. The molecular weight excluding hydrogens is 302 g/mol. The molecule has 0 heterocycles. The molecule has 128 valence electrons. The highest BCUT2D eigenvalue weighted by Crippen LogP contribution is 2.27. The number of rotatable bonds is 9. The SMILES string of the molecule is Cc1ccc(-c2ccccc2CNCCCOCC(=O)O)c(C)c1. The molecule has 4 nitrogen and oxygen atoms in total. The maximum Gasteiger partial charge on any atom is 0.329 e. The minimum atomic E-state index is -0.926. The van der Waals surface area contributed by atoms with Crippen molar-refractivity contribution in [2.24, 2.45) is 0 Å². The predicted octanol–water partition coefficient (Wildman–Crippen LogP) is 3.55. The van der Waals surface area contributed by atoms with E-state index in [1.54, 1.807) is 0 Å². The summed E-state index contributed by atoms with van der Waals surface area (Å²) in [7, 11) is 0. The molecule has 0 aromatic heterocycles. The van der Waals surface area contributed by atoms with E-state index in [4.69, 9.17) is 9.84 Å². The second-order valence-electron chi connectivity index (χ2n) is 5.95. The van der Waals surface area contributed by atoms with E-state index in [0.29, 0.717) is 6.61 Å². The van der Waals surface area contributed by atoms with Crippen LogP contribution in [0.15, 0.2) is 42.5 Å². The van der Waals surface area contributed by atoms with Gasteiger partial charge in [0.25, 0.3) is 0 Å². The maximum absolute atomic E-state index is 10.4. The number of carboxylic acids is 1. The molecule has 24 heavy (non-hydrogen) atoms. The predicted molar refractivity (Wildman–Crippen MR) is 96.1 cm³/mol. The summed E-state index contributed by atoms with van der Waals surface area (Å²) >= 11 is 0. The second-order valence-corrected chi connectivity index (χ2v) is 5.95. The molecule has 4 heteroatoms. The lowest BCUT2D eigenvalue weighted by atomic mass is 9.95. The van der Waals surface area contributed by atoms with Gasteiger partial charge in [0.15, 0.2) is 0 Å².